The first kappa shape index (κ1) is 17.4. The van der Waals surface area contributed by atoms with Crippen molar-refractivity contribution in [1.82, 2.24) is 15.1 Å². The van der Waals surface area contributed by atoms with Crippen LogP contribution in [0.25, 0.3) is 11.5 Å². The Morgan fingerprint density at radius 1 is 1.15 bits per heavy atom. The summed E-state index contributed by atoms with van der Waals surface area (Å²) in [5.74, 6) is 1.52. The lowest BCUT2D eigenvalue weighted by Gasteiger charge is -2.15. The second-order valence-electron chi connectivity index (χ2n) is 6.91. The Morgan fingerprint density at radius 2 is 1.93 bits per heavy atom. The topological polar surface area (TPSA) is 71.3 Å². The molecule has 3 aromatic rings. The third-order valence-corrected chi connectivity index (χ3v) is 4.76. The van der Waals surface area contributed by atoms with Crippen molar-refractivity contribution >= 4 is 11.6 Å². The summed E-state index contributed by atoms with van der Waals surface area (Å²) in [6, 6.07) is 17.8. The Balaban J connectivity index is 1.36. The van der Waals surface area contributed by atoms with Crippen LogP contribution in [0.3, 0.4) is 0 Å². The highest BCUT2D eigenvalue weighted by atomic mass is 16.4. The highest BCUT2D eigenvalue weighted by Crippen LogP contribution is 2.29. The SMILES string of the molecule is CC(=O)Nc1ccc(CN2CC[C@H](c3nnc(-c4ccccc4)o3)C2)cc1. The number of benzene rings is 2. The van der Waals surface area contributed by atoms with Gasteiger partial charge in [-0.25, -0.2) is 0 Å². The average molecular weight is 362 g/mol. The number of hydrogen-bond donors (Lipinski definition) is 1. The monoisotopic (exact) mass is 362 g/mol. The van der Waals surface area contributed by atoms with Crippen LogP contribution < -0.4 is 5.32 Å². The zero-order valence-electron chi connectivity index (χ0n) is 15.3. The van der Waals surface area contributed by atoms with Crippen molar-refractivity contribution in [3.8, 4) is 11.5 Å². The molecule has 1 aromatic heterocycles. The third-order valence-electron chi connectivity index (χ3n) is 4.76. The van der Waals surface area contributed by atoms with E-state index in [0.717, 1.165) is 43.2 Å². The van der Waals surface area contributed by atoms with Crippen LogP contribution in [-0.4, -0.2) is 34.1 Å². The summed E-state index contributed by atoms with van der Waals surface area (Å²) >= 11 is 0. The number of anilines is 1. The van der Waals surface area contributed by atoms with E-state index >= 15 is 0 Å². The highest BCUT2D eigenvalue weighted by Gasteiger charge is 2.28. The molecule has 0 unspecified atom stereocenters. The maximum Gasteiger partial charge on any atom is 0.247 e. The van der Waals surface area contributed by atoms with E-state index in [1.165, 1.54) is 12.5 Å². The summed E-state index contributed by atoms with van der Waals surface area (Å²) in [7, 11) is 0. The van der Waals surface area contributed by atoms with Crippen molar-refractivity contribution in [2.45, 2.75) is 25.8 Å². The molecule has 1 saturated heterocycles. The van der Waals surface area contributed by atoms with Crippen LogP contribution in [0.15, 0.2) is 59.0 Å². The van der Waals surface area contributed by atoms with Gasteiger partial charge < -0.3 is 9.73 Å². The Labute approximate surface area is 158 Å². The van der Waals surface area contributed by atoms with Crippen LogP contribution in [-0.2, 0) is 11.3 Å². The number of likely N-dealkylation sites (tertiary alicyclic amines) is 1. The van der Waals surface area contributed by atoms with E-state index in [1.807, 2.05) is 42.5 Å². The Kier molecular flexibility index (Phi) is 4.98. The lowest BCUT2D eigenvalue weighted by atomic mass is 10.1. The van der Waals surface area contributed by atoms with Gasteiger partial charge in [-0.1, -0.05) is 30.3 Å². The molecule has 27 heavy (non-hydrogen) atoms. The maximum absolute atomic E-state index is 11.1. The van der Waals surface area contributed by atoms with Gasteiger partial charge >= 0.3 is 0 Å². The molecule has 138 valence electrons. The van der Waals surface area contributed by atoms with E-state index in [2.05, 4.69) is 32.5 Å². The predicted octanol–water partition coefficient (Wildman–Crippen LogP) is 3.68. The highest BCUT2D eigenvalue weighted by molar-refractivity contribution is 5.88. The molecule has 0 spiro atoms. The molecular formula is C21H22N4O2. The maximum atomic E-state index is 11.1. The van der Waals surface area contributed by atoms with Crippen molar-refractivity contribution in [2.24, 2.45) is 0 Å². The van der Waals surface area contributed by atoms with E-state index < -0.39 is 0 Å². The van der Waals surface area contributed by atoms with Gasteiger partial charge in [-0.3, -0.25) is 9.69 Å². The largest absolute Gasteiger partial charge is 0.420 e. The summed E-state index contributed by atoms with van der Waals surface area (Å²) in [4.78, 5) is 13.5. The minimum Gasteiger partial charge on any atom is -0.420 e. The van der Waals surface area contributed by atoms with Crippen molar-refractivity contribution in [3.05, 3.63) is 66.1 Å². The summed E-state index contributed by atoms with van der Waals surface area (Å²) in [6.45, 7) is 4.29. The molecule has 0 radical (unpaired) electrons. The van der Waals surface area contributed by atoms with Gasteiger partial charge in [-0.15, -0.1) is 10.2 Å². The van der Waals surface area contributed by atoms with E-state index in [-0.39, 0.29) is 11.8 Å². The first-order chi connectivity index (χ1) is 13.2. The van der Waals surface area contributed by atoms with Gasteiger partial charge in [0.2, 0.25) is 17.7 Å². The Morgan fingerprint density at radius 3 is 2.67 bits per heavy atom. The van der Waals surface area contributed by atoms with Crippen LogP contribution in [0, 0.1) is 0 Å². The number of amides is 1. The molecule has 1 atom stereocenters. The molecule has 0 saturated carbocycles. The zero-order chi connectivity index (χ0) is 18.6. The number of nitrogens with zero attached hydrogens (tertiary/aromatic N) is 3. The quantitative estimate of drug-likeness (QED) is 0.750. The van der Waals surface area contributed by atoms with E-state index in [0.29, 0.717) is 5.89 Å². The Hall–Kier alpha value is -2.99. The predicted molar refractivity (Wildman–Crippen MR) is 103 cm³/mol. The molecular weight excluding hydrogens is 340 g/mol. The van der Waals surface area contributed by atoms with Crippen LogP contribution in [0.4, 0.5) is 5.69 Å². The fourth-order valence-electron chi connectivity index (χ4n) is 3.43. The summed E-state index contributed by atoms with van der Waals surface area (Å²) < 4.78 is 5.92. The Bertz CT molecular complexity index is 905. The first-order valence-corrected chi connectivity index (χ1v) is 9.15. The van der Waals surface area contributed by atoms with Gasteiger partial charge in [-0.2, -0.15) is 0 Å². The molecule has 6 nitrogen and oxygen atoms in total. The molecule has 1 amide bonds. The fourth-order valence-corrected chi connectivity index (χ4v) is 3.43. The molecule has 1 N–H and O–H groups in total. The van der Waals surface area contributed by atoms with E-state index in [1.54, 1.807) is 0 Å². The van der Waals surface area contributed by atoms with Crippen LogP contribution >= 0.6 is 0 Å². The number of aromatic nitrogens is 2. The van der Waals surface area contributed by atoms with Crippen LogP contribution in [0.5, 0.6) is 0 Å². The molecule has 1 fully saturated rings. The van der Waals surface area contributed by atoms with Crippen molar-refractivity contribution in [2.75, 3.05) is 18.4 Å². The van der Waals surface area contributed by atoms with Crippen molar-refractivity contribution in [1.29, 1.82) is 0 Å². The van der Waals surface area contributed by atoms with E-state index in [9.17, 15) is 4.79 Å². The average Bonchev–Trinajstić information content (AvgIpc) is 3.33. The molecule has 0 aliphatic carbocycles. The van der Waals surface area contributed by atoms with Gasteiger partial charge in [0.15, 0.2) is 0 Å². The number of nitrogens with one attached hydrogen (secondary N) is 1. The van der Waals surface area contributed by atoms with Gasteiger partial charge in [0.05, 0.1) is 5.92 Å². The second kappa shape index (κ2) is 7.72. The van der Waals surface area contributed by atoms with Crippen molar-refractivity contribution < 1.29 is 9.21 Å². The molecule has 2 aromatic carbocycles. The lowest BCUT2D eigenvalue weighted by Crippen LogP contribution is -2.19. The van der Waals surface area contributed by atoms with Gasteiger partial charge in [0.25, 0.3) is 0 Å². The first-order valence-electron chi connectivity index (χ1n) is 9.15. The molecule has 4 rings (SSSR count). The van der Waals surface area contributed by atoms with Gasteiger partial charge in [-0.05, 0) is 42.8 Å². The smallest absolute Gasteiger partial charge is 0.247 e. The van der Waals surface area contributed by atoms with Gasteiger partial charge in [0, 0.05) is 31.3 Å². The zero-order valence-corrected chi connectivity index (χ0v) is 15.3. The molecule has 0 bridgehead atoms. The second-order valence-corrected chi connectivity index (χ2v) is 6.91. The standard InChI is InChI=1S/C21H22N4O2/c1-15(26)22-19-9-7-16(8-10-19)13-25-12-11-18(14-25)21-24-23-20(27-21)17-5-3-2-4-6-17/h2-10,18H,11-14H2,1H3,(H,22,26)/t18-/m0/s1. The number of hydrogen-bond acceptors (Lipinski definition) is 5. The summed E-state index contributed by atoms with van der Waals surface area (Å²) in [5, 5.41) is 11.3. The lowest BCUT2D eigenvalue weighted by molar-refractivity contribution is -0.114. The van der Waals surface area contributed by atoms with Gasteiger partial charge in [0.1, 0.15) is 0 Å². The number of rotatable bonds is 5. The molecule has 1 aliphatic rings. The summed E-state index contributed by atoms with van der Waals surface area (Å²) in [5.41, 5.74) is 3.00. The minimum absolute atomic E-state index is 0.0560. The third kappa shape index (κ3) is 4.23. The number of carbonyl (C=O) groups is 1. The van der Waals surface area contributed by atoms with Crippen LogP contribution in [0.1, 0.15) is 30.7 Å². The van der Waals surface area contributed by atoms with E-state index in [4.69, 9.17) is 4.42 Å². The molecule has 2 heterocycles. The molecule has 1 aliphatic heterocycles. The van der Waals surface area contributed by atoms with Crippen LogP contribution in [0.2, 0.25) is 0 Å². The van der Waals surface area contributed by atoms with Crippen molar-refractivity contribution in [3.63, 3.8) is 0 Å². The number of carbonyl (C=O) groups excluding carboxylic acids is 1. The molecule has 6 heteroatoms. The minimum atomic E-state index is -0.0560. The normalized spacial score (nSPS) is 17.1. The fraction of sp³-hybridized carbons (Fsp3) is 0.286. The summed E-state index contributed by atoms with van der Waals surface area (Å²) in [6.07, 6.45) is 1.01.